The van der Waals surface area contributed by atoms with Crippen LogP contribution in [0.25, 0.3) is 0 Å². The number of rotatable bonds is 2. The molecule has 18 heavy (non-hydrogen) atoms. The van der Waals surface area contributed by atoms with Crippen molar-refractivity contribution >= 4 is 0 Å². The third-order valence-electron chi connectivity index (χ3n) is 5.36. The lowest BCUT2D eigenvalue weighted by Gasteiger charge is -2.70. The summed E-state index contributed by atoms with van der Waals surface area (Å²) in [4.78, 5) is 4.44. The molecule has 1 aliphatic heterocycles. The van der Waals surface area contributed by atoms with Gasteiger partial charge in [-0.2, -0.15) is 5.26 Å². The lowest BCUT2D eigenvalue weighted by Crippen LogP contribution is -2.69. The van der Waals surface area contributed by atoms with Crippen molar-refractivity contribution in [2.75, 3.05) is 13.1 Å². The molecule has 0 aromatic carbocycles. The van der Waals surface area contributed by atoms with Gasteiger partial charge in [-0.15, -0.1) is 0 Å². The van der Waals surface area contributed by atoms with Gasteiger partial charge < -0.3 is 5.32 Å². The number of aromatic nitrogens is 1. The Bertz CT molecular complexity index is 500. The minimum atomic E-state index is 0.568. The van der Waals surface area contributed by atoms with Crippen LogP contribution >= 0.6 is 0 Å². The summed E-state index contributed by atoms with van der Waals surface area (Å²) in [5, 5.41) is 12.3. The Hall–Kier alpha value is -1.40. The van der Waals surface area contributed by atoms with Gasteiger partial charge in [-0.25, -0.2) is 0 Å². The number of hydrogen-bond donors (Lipinski definition) is 1. The fourth-order valence-corrected chi connectivity index (χ4v) is 4.79. The van der Waals surface area contributed by atoms with E-state index < -0.39 is 0 Å². The summed E-state index contributed by atoms with van der Waals surface area (Å²) in [5.74, 6) is 2.81. The van der Waals surface area contributed by atoms with Gasteiger partial charge in [0.05, 0.1) is 5.56 Å². The quantitative estimate of drug-likeness (QED) is 0.855. The zero-order chi connectivity index (χ0) is 12.2. The van der Waals surface area contributed by atoms with Crippen molar-refractivity contribution in [2.45, 2.75) is 19.3 Å². The van der Waals surface area contributed by atoms with Crippen molar-refractivity contribution in [2.24, 2.45) is 23.2 Å². The number of nitrogens with one attached hydrogen (secondary N) is 1. The third-order valence-corrected chi connectivity index (χ3v) is 5.36. The first kappa shape index (κ1) is 10.5. The van der Waals surface area contributed by atoms with E-state index in [4.69, 9.17) is 5.26 Å². The van der Waals surface area contributed by atoms with Gasteiger partial charge in [-0.05, 0) is 67.7 Å². The largest absolute Gasteiger partial charge is 0.316 e. The molecule has 0 radical (unpaired) electrons. The van der Waals surface area contributed by atoms with Crippen LogP contribution in [0.5, 0.6) is 0 Å². The second-order valence-electron chi connectivity index (χ2n) is 6.30. The monoisotopic (exact) mass is 239 g/mol. The molecule has 3 nitrogen and oxygen atoms in total. The van der Waals surface area contributed by atoms with Gasteiger partial charge >= 0.3 is 0 Å². The Kier molecular flexibility index (Phi) is 2.07. The van der Waals surface area contributed by atoms with Crippen LogP contribution in [0.4, 0.5) is 0 Å². The minimum Gasteiger partial charge on any atom is -0.316 e. The second kappa shape index (κ2) is 3.55. The Morgan fingerprint density at radius 3 is 2.72 bits per heavy atom. The highest BCUT2D eigenvalue weighted by Gasteiger charge is 2.65. The van der Waals surface area contributed by atoms with Crippen molar-refractivity contribution in [3.05, 3.63) is 29.6 Å². The summed E-state index contributed by atoms with van der Waals surface area (Å²) in [5.41, 5.74) is 2.40. The first-order chi connectivity index (χ1) is 8.81. The molecule has 92 valence electrons. The molecule has 1 saturated heterocycles. The van der Waals surface area contributed by atoms with Crippen LogP contribution in [0, 0.1) is 34.5 Å². The maximum Gasteiger partial charge on any atom is 0.101 e. The van der Waals surface area contributed by atoms with Crippen molar-refractivity contribution in [3.63, 3.8) is 0 Å². The minimum absolute atomic E-state index is 0.568. The number of piperidine rings is 1. The molecule has 1 aromatic heterocycles. The number of nitrogens with zero attached hydrogens (tertiary/aromatic N) is 2. The lowest BCUT2D eigenvalue weighted by molar-refractivity contribution is -0.198. The van der Waals surface area contributed by atoms with E-state index in [1.165, 1.54) is 31.6 Å². The van der Waals surface area contributed by atoms with Crippen LogP contribution in [0.2, 0.25) is 0 Å². The third kappa shape index (κ3) is 1.30. The van der Waals surface area contributed by atoms with Gasteiger partial charge in [0.25, 0.3) is 0 Å². The Balaban J connectivity index is 1.51. The standard InChI is InChI=1S/C15H17N3/c16-6-10-1-2-13(18-7-10)5-15-3-11-8-17-9-12(4-15)14(11)15/h1-2,7,11-12,14,17H,3-5,8-9H2. The fourth-order valence-electron chi connectivity index (χ4n) is 4.79. The molecule has 0 amide bonds. The summed E-state index contributed by atoms with van der Waals surface area (Å²) in [7, 11) is 0. The highest BCUT2D eigenvalue weighted by molar-refractivity contribution is 5.28. The van der Waals surface area contributed by atoms with E-state index in [-0.39, 0.29) is 0 Å². The zero-order valence-electron chi connectivity index (χ0n) is 10.4. The zero-order valence-corrected chi connectivity index (χ0v) is 10.4. The summed E-state index contributed by atoms with van der Waals surface area (Å²) in [6.07, 6.45) is 5.59. The van der Waals surface area contributed by atoms with Gasteiger partial charge in [0.2, 0.25) is 0 Å². The molecule has 1 N–H and O–H groups in total. The van der Waals surface area contributed by atoms with Crippen LogP contribution in [-0.2, 0) is 6.42 Å². The number of pyridine rings is 1. The molecule has 2 heterocycles. The average molecular weight is 239 g/mol. The molecule has 2 aliphatic carbocycles. The van der Waals surface area contributed by atoms with E-state index in [0.717, 1.165) is 24.2 Å². The maximum absolute atomic E-state index is 8.78. The number of hydrogen-bond acceptors (Lipinski definition) is 3. The highest BCUT2D eigenvalue weighted by atomic mass is 14.9. The van der Waals surface area contributed by atoms with E-state index in [0.29, 0.717) is 11.0 Å². The molecule has 2 saturated carbocycles. The predicted molar refractivity (Wildman–Crippen MR) is 67.7 cm³/mol. The van der Waals surface area contributed by atoms with Crippen LogP contribution in [0.1, 0.15) is 24.1 Å². The fraction of sp³-hybridized carbons (Fsp3) is 0.600. The summed E-state index contributed by atoms with van der Waals surface area (Å²) < 4.78 is 0. The Morgan fingerprint density at radius 2 is 2.11 bits per heavy atom. The Morgan fingerprint density at radius 1 is 1.33 bits per heavy atom. The molecule has 3 heteroatoms. The van der Waals surface area contributed by atoms with Gasteiger partial charge in [-0.3, -0.25) is 4.98 Å². The molecular weight excluding hydrogens is 222 g/mol. The maximum atomic E-state index is 8.78. The van der Waals surface area contributed by atoms with Gasteiger partial charge in [-0.1, -0.05) is 0 Å². The van der Waals surface area contributed by atoms with Crippen LogP contribution < -0.4 is 5.32 Å². The predicted octanol–water partition coefficient (Wildman–Crippen LogP) is 1.74. The second-order valence-corrected chi connectivity index (χ2v) is 6.30. The van der Waals surface area contributed by atoms with Gasteiger partial charge in [0, 0.05) is 11.9 Å². The van der Waals surface area contributed by atoms with Crippen molar-refractivity contribution < 1.29 is 0 Å². The Labute approximate surface area is 107 Å². The molecule has 3 aliphatic rings. The topological polar surface area (TPSA) is 48.7 Å². The van der Waals surface area contributed by atoms with Crippen LogP contribution in [0.15, 0.2) is 18.3 Å². The first-order valence-corrected chi connectivity index (χ1v) is 6.86. The molecule has 3 fully saturated rings. The molecule has 1 aromatic rings. The van der Waals surface area contributed by atoms with Crippen LogP contribution in [0.3, 0.4) is 0 Å². The summed E-state index contributed by atoms with van der Waals surface area (Å²) >= 11 is 0. The SMILES string of the molecule is N#Cc1ccc(CC23CC4CNCC(C2)C43)nc1. The van der Waals surface area contributed by atoms with E-state index in [1.54, 1.807) is 6.20 Å². The first-order valence-electron chi connectivity index (χ1n) is 6.86. The highest BCUT2D eigenvalue weighted by Crippen LogP contribution is 2.69. The van der Waals surface area contributed by atoms with E-state index in [9.17, 15) is 0 Å². The molecule has 2 atom stereocenters. The van der Waals surface area contributed by atoms with E-state index in [1.807, 2.05) is 12.1 Å². The summed E-state index contributed by atoms with van der Waals surface area (Å²) in [6.45, 7) is 2.45. The van der Waals surface area contributed by atoms with Gasteiger partial charge in [0.1, 0.15) is 6.07 Å². The van der Waals surface area contributed by atoms with Crippen molar-refractivity contribution in [1.82, 2.24) is 10.3 Å². The van der Waals surface area contributed by atoms with Crippen molar-refractivity contribution in [3.8, 4) is 6.07 Å². The molecule has 0 bridgehead atoms. The van der Waals surface area contributed by atoms with Crippen LogP contribution in [-0.4, -0.2) is 18.1 Å². The number of nitriles is 1. The molecule has 4 rings (SSSR count). The summed E-state index contributed by atoms with van der Waals surface area (Å²) in [6, 6.07) is 6.06. The molecular formula is C15H17N3. The lowest BCUT2D eigenvalue weighted by atomic mass is 9.36. The molecule has 0 spiro atoms. The van der Waals surface area contributed by atoms with E-state index >= 15 is 0 Å². The normalized spacial score (nSPS) is 40.1. The van der Waals surface area contributed by atoms with E-state index in [2.05, 4.69) is 16.4 Å². The van der Waals surface area contributed by atoms with Gasteiger partial charge in [0.15, 0.2) is 0 Å². The smallest absolute Gasteiger partial charge is 0.101 e. The molecule has 2 unspecified atom stereocenters. The van der Waals surface area contributed by atoms with Crippen molar-refractivity contribution in [1.29, 1.82) is 5.26 Å². The average Bonchev–Trinajstić information content (AvgIpc) is 2.35.